The Kier molecular flexibility index (Phi) is 8.00. The van der Waals surface area contributed by atoms with Crippen molar-refractivity contribution in [2.24, 2.45) is 0 Å². The highest BCUT2D eigenvalue weighted by molar-refractivity contribution is 6.42. The molecule has 2 N–H and O–H groups in total. The number of nitrogens with zero attached hydrogens (tertiary/aromatic N) is 3. The summed E-state index contributed by atoms with van der Waals surface area (Å²) in [6, 6.07) is 16.4. The molecule has 0 aliphatic carbocycles. The standard InChI is InChI=1S/C30H29Cl2N5O3/c1-5-39-26-14-21(8-11-25(26)40-15-20-7-9-22(31)23(32)13-20)28-27(19(4)35-30-33-16-34-37(28)30)29(38)36-24-10-6-17(2)12-18(24)3/h6-14,16,28H,5,15H2,1-4H3,(H,36,38)(H,33,34,35). The molecule has 2 heterocycles. The van der Waals surface area contributed by atoms with Gasteiger partial charge < -0.3 is 20.1 Å². The van der Waals surface area contributed by atoms with E-state index in [2.05, 4.69) is 20.7 Å². The second-order valence-electron chi connectivity index (χ2n) is 9.54. The average Bonchev–Trinajstić information content (AvgIpc) is 3.39. The fraction of sp³-hybridized carbons (Fsp3) is 0.233. The van der Waals surface area contributed by atoms with Crippen molar-refractivity contribution < 1.29 is 14.3 Å². The predicted octanol–water partition coefficient (Wildman–Crippen LogP) is 7.11. The van der Waals surface area contributed by atoms with Crippen molar-refractivity contribution in [2.45, 2.75) is 40.3 Å². The lowest BCUT2D eigenvalue weighted by Gasteiger charge is -2.29. The van der Waals surface area contributed by atoms with Crippen molar-refractivity contribution in [3.63, 3.8) is 0 Å². The van der Waals surface area contributed by atoms with Crippen molar-refractivity contribution in [3.05, 3.63) is 104 Å². The Hall–Kier alpha value is -4.01. The summed E-state index contributed by atoms with van der Waals surface area (Å²) in [5.41, 5.74) is 5.73. The molecule has 0 saturated heterocycles. The number of benzene rings is 3. The molecule has 0 fully saturated rings. The molecule has 5 rings (SSSR count). The first-order chi connectivity index (χ1) is 19.2. The number of fused-ring (bicyclic) bond motifs is 1. The van der Waals surface area contributed by atoms with Gasteiger partial charge in [0.25, 0.3) is 5.91 Å². The summed E-state index contributed by atoms with van der Waals surface area (Å²) < 4.78 is 13.8. The molecule has 0 saturated carbocycles. The number of carbonyl (C=O) groups excluding carboxylic acids is 1. The van der Waals surface area contributed by atoms with Crippen LogP contribution in [0.25, 0.3) is 0 Å². The molecule has 0 spiro atoms. The molecule has 3 aromatic carbocycles. The van der Waals surface area contributed by atoms with E-state index in [9.17, 15) is 4.79 Å². The SMILES string of the molecule is CCOc1cc(C2C(C(=O)Nc3ccc(C)cc3C)=C(C)Nc3ncnn32)ccc1OCc1ccc(Cl)c(Cl)c1. The molecule has 1 amide bonds. The third-order valence-corrected chi connectivity index (χ3v) is 7.37. The van der Waals surface area contributed by atoms with Gasteiger partial charge in [-0.15, -0.1) is 0 Å². The Balaban J connectivity index is 1.48. The average molecular weight is 579 g/mol. The maximum atomic E-state index is 13.8. The van der Waals surface area contributed by atoms with Crippen LogP contribution in [0.15, 0.2) is 72.2 Å². The molecule has 1 unspecified atom stereocenters. The first kappa shape index (κ1) is 27.6. The summed E-state index contributed by atoms with van der Waals surface area (Å²) in [5, 5.41) is 11.7. The van der Waals surface area contributed by atoms with Gasteiger partial charge in [-0.05, 0) is 74.7 Å². The van der Waals surface area contributed by atoms with E-state index in [1.54, 1.807) is 16.8 Å². The third kappa shape index (κ3) is 5.64. The number of allylic oxidation sites excluding steroid dienone is 1. The van der Waals surface area contributed by atoms with Crippen LogP contribution in [0.4, 0.5) is 11.6 Å². The number of hydrogen-bond acceptors (Lipinski definition) is 6. The molecular weight excluding hydrogens is 549 g/mol. The van der Waals surface area contributed by atoms with Crippen LogP contribution in [-0.4, -0.2) is 27.3 Å². The molecule has 4 aromatic rings. The molecule has 0 bridgehead atoms. The van der Waals surface area contributed by atoms with Crippen LogP contribution in [0.5, 0.6) is 11.5 Å². The summed E-state index contributed by atoms with van der Waals surface area (Å²) in [7, 11) is 0. The Morgan fingerprint density at radius 2 is 1.82 bits per heavy atom. The van der Waals surface area contributed by atoms with Crippen LogP contribution in [0.3, 0.4) is 0 Å². The van der Waals surface area contributed by atoms with Crippen LogP contribution >= 0.6 is 23.2 Å². The van der Waals surface area contributed by atoms with Crippen LogP contribution < -0.4 is 20.1 Å². The minimum Gasteiger partial charge on any atom is -0.490 e. The van der Waals surface area contributed by atoms with Gasteiger partial charge in [0.15, 0.2) is 11.5 Å². The first-order valence-corrected chi connectivity index (χ1v) is 13.6. The van der Waals surface area contributed by atoms with Gasteiger partial charge in [0.1, 0.15) is 19.0 Å². The molecule has 1 aliphatic heterocycles. The number of amides is 1. The molecule has 206 valence electrons. The van der Waals surface area contributed by atoms with Crippen LogP contribution in [0.2, 0.25) is 10.0 Å². The summed E-state index contributed by atoms with van der Waals surface area (Å²) in [6.45, 7) is 8.47. The molecular formula is C30H29Cl2N5O3. The highest BCUT2D eigenvalue weighted by atomic mass is 35.5. The van der Waals surface area contributed by atoms with Gasteiger partial charge in [-0.2, -0.15) is 10.1 Å². The lowest BCUT2D eigenvalue weighted by atomic mass is 9.94. The van der Waals surface area contributed by atoms with Crippen molar-refractivity contribution >= 4 is 40.7 Å². The van der Waals surface area contributed by atoms with Gasteiger partial charge >= 0.3 is 0 Å². The van der Waals surface area contributed by atoms with Gasteiger partial charge in [0.05, 0.1) is 22.2 Å². The number of aryl methyl sites for hydroxylation is 2. The van der Waals surface area contributed by atoms with E-state index in [0.29, 0.717) is 45.4 Å². The van der Waals surface area contributed by atoms with E-state index in [1.807, 2.05) is 70.2 Å². The van der Waals surface area contributed by atoms with Crippen molar-refractivity contribution in [1.29, 1.82) is 0 Å². The smallest absolute Gasteiger partial charge is 0.255 e. The zero-order valence-electron chi connectivity index (χ0n) is 22.6. The lowest BCUT2D eigenvalue weighted by molar-refractivity contribution is -0.113. The van der Waals surface area contributed by atoms with E-state index in [4.69, 9.17) is 32.7 Å². The number of aromatic nitrogens is 3. The molecule has 8 nitrogen and oxygen atoms in total. The van der Waals surface area contributed by atoms with E-state index >= 15 is 0 Å². The van der Waals surface area contributed by atoms with Gasteiger partial charge in [-0.1, -0.05) is 53.0 Å². The number of halogens is 2. The Morgan fingerprint density at radius 1 is 1.00 bits per heavy atom. The lowest BCUT2D eigenvalue weighted by Crippen LogP contribution is -2.31. The fourth-order valence-electron chi connectivity index (χ4n) is 4.71. The minimum atomic E-state index is -0.548. The summed E-state index contributed by atoms with van der Waals surface area (Å²) in [6.07, 6.45) is 1.46. The van der Waals surface area contributed by atoms with Crippen molar-refractivity contribution in [2.75, 3.05) is 17.2 Å². The van der Waals surface area contributed by atoms with E-state index in [-0.39, 0.29) is 12.5 Å². The normalized spacial score (nSPS) is 14.4. The second-order valence-corrected chi connectivity index (χ2v) is 10.4. The number of carbonyl (C=O) groups is 1. The van der Waals surface area contributed by atoms with Crippen molar-refractivity contribution in [1.82, 2.24) is 14.8 Å². The maximum Gasteiger partial charge on any atom is 0.255 e. The van der Waals surface area contributed by atoms with Gasteiger partial charge in [-0.3, -0.25) is 4.79 Å². The zero-order chi connectivity index (χ0) is 28.4. The van der Waals surface area contributed by atoms with E-state index < -0.39 is 6.04 Å². The van der Waals surface area contributed by atoms with Crippen LogP contribution in [-0.2, 0) is 11.4 Å². The highest BCUT2D eigenvalue weighted by Crippen LogP contribution is 2.39. The van der Waals surface area contributed by atoms with Crippen LogP contribution in [0, 0.1) is 13.8 Å². The second kappa shape index (κ2) is 11.6. The Bertz CT molecular complexity index is 1610. The van der Waals surface area contributed by atoms with E-state index in [0.717, 1.165) is 27.9 Å². The third-order valence-electron chi connectivity index (χ3n) is 6.63. The largest absolute Gasteiger partial charge is 0.490 e. The number of ether oxygens (including phenoxy) is 2. The Labute approximate surface area is 242 Å². The fourth-order valence-corrected chi connectivity index (χ4v) is 5.03. The molecule has 0 radical (unpaired) electrons. The number of nitrogens with one attached hydrogen (secondary N) is 2. The molecule has 1 atom stereocenters. The van der Waals surface area contributed by atoms with Gasteiger partial charge in [-0.25, -0.2) is 4.68 Å². The maximum absolute atomic E-state index is 13.8. The van der Waals surface area contributed by atoms with Gasteiger partial charge in [0.2, 0.25) is 5.95 Å². The van der Waals surface area contributed by atoms with E-state index in [1.165, 1.54) is 6.33 Å². The Morgan fingerprint density at radius 3 is 2.58 bits per heavy atom. The van der Waals surface area contributed by atoms with Crippen LogP contribution in [0.1, 0.15) is 42.1 Å². The molecule has 10 heteroatoms. The summed E-state index contributed by atoms with van der Waals surface area (Å²) in [4.78, 5) is 18.1. The minimum absolute atomic E-state index is 0.235. The van der Waals surface area contributed by atoms with Crippen molar-refractivity contribution in [3.8, 4) is 11.5 Å². The molecule has 1 aliphatic rings. The topological polar surface area (TPSA) is 90.3 Å². The monoisotopic (exact) mass is 577 g/mol. The quantitative estimate of drug-likeness (QED) is 0.232. The molecule has 40 heavy (non-hydrogen) atoms. The molecule has 1 aromatic heterocycles. The number of rotatable bonds is 8. The zero-order valence-corrected chi connectivity index (χ0v) is 24.1. The first-order valence-electron chi connectivity index (χ1n) is 12.8. The highest BCUT2D eigenvalue weighted by Gasteiger charge is 2.34. The van der Waals surface area contributed by atoms with Gasteiger partial charge in [0, 0.05) is 11.4 Å². The number of anilines is 2. The summed E-state index contributed by atoms with van der Waals surface area (Å²) >= 11 is 12.2. The number of hydrogen-bond donors (Lipinski definition) is 2. The predicted molar refractivity (Wildman–Crippen MR) is 157 cm³/mol. The summed E-state index contributed by atoms with van der Waals surface area (Å²) in [5.74, 6) is 1.42.